The molecule has 3 aromatic carbocycles. The summed E-state index contributed by atoms with van der Waals surface area (Å²) in [5.41, 5.74) is 12.4. The summed E-state index contributed by atoms with van der Waals surface area (Å²) in [6.45, 7) is 0.881. The zero-order valence-electron chi connectivity index (χ0n) is 20.5. The van der Waals surface area contributed by atoms with E-state index in [1.165, 1.54) is 16.0 Å². The van der Waals surface area contributed by atoms with E-state index in [1.54, 1.807) is 30.5 Å². The van der Waals surface area contributed by atoms with Crippen LogP contribution < -0.4 is 5.73 Å². The second-order valence-electron chi connectivity index (χ2n) is 9.09. The minimum Gasteiger partial charge on any atom is -0.384 e. The van der Waals surface area contributed by atoms with Gasteiger partial charge in [-0.15, -0.1) is 0 Å². The Balaban J connectivity index is 1.12. The first-order valence-corrected chi connectivity index (χ1v) is 12.4. The minimum absolute atomic E-state index is 0.230. The number of amides is 2. The Bertz CT molecular complexity index is 1390. The molecule has 37 heavy (non-hydrogen) atoms. The lowest BCUT2D eigenvalue weighted by atomic mass is 10.0. The molecular weight excluding hydrogens is 460 g/mol. The Hall–Kier alpha value is -4.58. The molecule has 1 aliphatic rings. The standard InChI is InChI=1S/C31H28N4O2/c32-29(34-20-18-26-5-3-4-19-33-26)25-16-14-23(15-17-25)9-8-22-10-12-24(13-11-22)21-35-30(36)27-6-1-2-7-28(27)31(35)37/h1-7,10-17,19H,8-9,18,20-21H2,(H2,32,34). The van der Waals surface area contributed by atoms with Crippen LogP contribution in [0.15, 0.2) is 102 Å². The number of carbonyl (C=O) groups excluding carboxylic acids is 2. The largest absolute Gasteiger partial charge is 0.384 e. The van der Waals surface area contributed by atoms with Crippen molar-refractivity contribution in [3.8, 4) is 0 Å². The molecule has 2 N–H and O–H groups in total. The van der Waals surface area contributed by atoms with E-state index in [4.69, 9.17) is 5.73 Å². The Morgan fingerprint density at radius 1 is 0.703 bits per heavy atom. The minimum atomic E-state index is -0.230. The van der Waals surface area contributed by atoms with Gasteiger partial charge >= 0.3 is 0 Å². The van der Waals surface area contributed by atoms with E-state index in [0.717, 1.165) is 36.1 Å². The number of carbonyl (C=O) groups is 2. The van der Waals surface area contributed by atoms with Gasteiger partial charge in [-0.2, -0.15) is 0 Å². The van der Waals surface area contributed by atoms with E-state index < -0.39 is 0 Å². The van der Waals surface area contributed by atoms with Gasteiger partial charge in [0.25, 0.3) is 11.8 Å². The fraction of sp³-hybridized carbons (Fsp3) is 0.161. The van der Waals surface area contributed by atoms with E-state index in [-0.39, 0.29) is 18.4 Å². The molecular formula is C31H28N4O2. The smallest absolute Gasteiger partial charge is 0.261 e. The lowest BCUT2D eigenvalue weighted by Crippen LogP contribution is -2.29. The Kier molecular flexibility index (Phi) is 7.17. The molecule has 0 fully saturated rings. The number of aromatic nitrogens is 1. The number of pyridine rings is 1. The number of hydrogen-bond donors (Lipinski definition) is 1. The van der Waals surface area contributed by atoms with Gasteiger partial charge in [-0.05, 0) is 53.8 Å². The first-order chi connectivity index (χ1) is 18.1. The van der Waals surface area contributed by atoms with Gasteiger partial charge in [0.1, 0.15) is 5.84 Å². The fourth-order valence-electron chi connectivity index (χ4n) is 4.44. The maximum absolute atomic E-state index is 12.6. The molecule has 0 saturated heterocycles. The molecule has 5 rings (SSSR count). The molecule has 2 heterocycles. The molecule has 1 aliphatic heterocycles. The van der Waals surface area contributed by atoms with Crippen LogP contribution >= 0.6 is 0 Å². The van der Waals surface area contributed by atoms with Gasteiger partial charge in [0.15, 0.2) is 0 Å². The number of rotatable bonds is 9. The van der Waals surface area contributed by atoms with E-state index in [2.05, 4.69) is 34.2 Å². The average molecular weight is 489 g/mol. The highest BCUT2D eigenvalue weighted by Crippen LogP contribution is 2.24. The van der Waals surface area contributed by atoms with Crippen molar-refractivity contribution in [2.24, 2.45) is 10.7 Å². The summed E-state index contributed by atoms with van der Waals surface area (Å²) in [7, 11) is 0. The maximum atomic E-state index is 12.6. The predicted molar refractivity (Wildman–Crippen MR) is 144 cm³/mol. The van der Waals surface area contributed by atoms with Crippen molar-refractivity contribution in [1.82, 2.24) is 9.88 Å². The van der Waals surface area contributed by atoms with Gasteiger partial charge in [0, 0.05) is 30.4 Å². The maximum Gasteiger partial charge on any atom is 0.261 e. The van der Waals surface area contributed by atoms with Crippen molar-refractivity contribution in [3.05, 3.63) is 136 Å². The lowest BCUT2D eigenvalue weighted by Gasteiger charge is -2.14. The predicted octanol–water partition coefficient (Wildman–Crippen LogP) is 4.61. The summed E-state index contributed by atoms with van der Waals surface area (Å²) in [6, 6.07) is 29.2. The van der Waals surface area contributed by atoms with Crippen LogP contribution in [0.3, 0.4) is 0 Å². The zero-order chi connectivity index (χ0) is 25.6. The SMILES string of the molecule is NC(=NCCc1ccccn1)c1ccc(CCc2ccc(CN3C(=O)c4ccccc4C3=O)cc2)cc1. The van der Waals surface area contributed by atoms with Crippen LogP contribution in [0.25, 0.3) is 0 Å². The molecule has 2 amide bonds. The summed E-state index contributed by atoms with van der Waals surface area (Å²) >= 11 is 0. The van der Waals surface area contributed by atoms with E-state index in [0.29, 0.717) is 23.5 Å². The number of hydrogen-bond acceptors (Lipinski definition) is 4. The fourth-order valence-corrected chi connectivity index (χ4v) is 4.44. The third-order valence-electron chi connectivity index (χ3n) is 6.57. The molecule has 0 unspecified atom stereocenters. The van der Waals surface area contributed by atoms with Crippen molar-refractivity contribution in [2.75, 3.05) is 6.54 Å². The summed E-state index contributed by atoms with van der Waals surface area (Å²) in [5, 5.41) is 0. The molecule has 4 aromatic rings. The molecule has 0 bridgehead atoms. The van der Waals surface area contributed by atoms with E-state index in [9.17, 15) is 9.59 Å². The molecule has 0 saturated carbocycles. The highest BCUT2D eigenvalue weighted by Gasteiger charge is 2.34. The third kappa shape index (κ3) is 5.64. The second kappa shape index (κ2) is 11.0. The third-order valence-corrected chi connectivity index (χ3v) is 6.57. The Morgan fingerprint density at radius 2 is 1.27 bits per heavy atom. The molecule has 1 aromatic heterocycles. The van der Waals surface area contributed by atoms with Crippen LogP contribution in [0, 0.1) is 0 Å². The number of fused-ring (bicyclic) bond motifs is 1. The Morgan fingerprint density at radius 3 is 1.86 bits per heavy atom. The average Bonchev–Trinajstić information content (AvgIpc) is 3.18. The first kappa shape index (κ1) is 24.1. The topological polar surface area (TPSA) is 88.7 Å². The summed E-state index contributed by atoms with van der Waals surface area (Å²) in [6.07, 6.45) is 4.33. The van der Waals surface area contributed by atoms with Crippen LogP contribution in [-0.4, -0.2) is 34.1 Å². The van der Waals surface area contributed by atoms with E-state index >= 15 is 0 Å². The van der Waals surface area contributed by atoms with Crippen molar-refractivity contribution in [3.63, 3.8) is 0 Å². The molecule has 0 spiro atoms. The molecule has 0 radical (unpaired) electrons. The summed E-state index contributed by atoms with van der Waals surface area (Å²) in [4.78, 5) is 35.3. The van der Waals surface area contributed by atoms with Gasteiger partial charge in [-0.3, -0.25) is 24.5 Å². The van der Waals surface area contributed by atoms with Gasteiger partial charge in [-0.25, -0.2) is 0 Å². The van der Waals surface area contributed by atoms with Crippen LogP contribution in [0.4, 0.5) is 0 Å². The molecule has 0 aliphatic carbocycles. The number of aryl methyl sites for hydroxylation is 2. The molecule has 184 valence electrons. The normalized spacial score (nSPS) is 13.2. The molecule has 6 heteroatoms. The number of nitrogens with two attached hydrogens (primary N) is 1. The first-order valence-electron chi connectivity index (χ1n) is 12.4. The van der Waals surface area contributed by atoms with Gasteiger partial charge in [0.2, 0.25) is 0 Å². The van der Waals surface area contributed by atoms with Crippen molar-refractivity contribution >= 4 is 17.6 Å². The van der Waals surface area contributed by atoms with Gasteiger partial charge < -0.3 is 5.73 Å². The highest BCUT2D eigenvalue weighted by atomic mass is 16.2. The van der Waals surface area contributed by atoms with Gasteiger partial charge in [0.05, 0.1) is 17.7 Å². The number of amidine groups is 1. The summed E-state index contributed by atoms with van der Waals surface area (Å²) in [5.74, 6) is 0.0788. The number of imide groups is 1. The molecule has 0 atom stereocenters. The van der Waals surface area contributed by atoms with Crippen molar-refractivity contribution in [1.29, 1.82) is 0 Å². The highest BCUT2D eigenvalue weighted by molar-refractivity contribution is 6.21. The Labute approximate surface area is 216 Å². The van der Waals surface area contributed by atoms with Gasteiger partial charge in [-0.1, -0.05) is 66.7 Å². The number of aliphatic imine (C=N–C) groups is 1. The zero-order valence-corrected chi connectivity index (χ0v) is 20.5. The van der Waals surface area contributed by atoms with E-state index in [1.807, 2.05) is 42.5 Å². The van der Waals surface area contributed by atoms with Crippen molar-refractivity contribution in [2.45, 2.75) is 25.8 Å². The molecule has 6 nitrogen and oxygen atoms in total. The van der Waals surface area contributed by atoms with Crippen molar-refractivity contribution < 1.29 is 9.59 Å². The number of nitrogens with zero attached hydrogens (tertiary/aromatic N) is 3. The quantitative estimate of drug-likeness (QED) is 0.212. The summed E-state index contributed by atoms with van der Waals surface area (Å²) < 4.78 is 0. The lowest BCUT2D eigenvalue weighted by molar-refractivity contribution is 0.0642. The van der Waals surface area contributed by atoms with Crippen LogP contribution in [-0.2, 0) is 25.8 Å². The van der Waals surface area contributed by atoms with Crippen LogP contribution in [0.5, 0.6) is 0 Å². The van der Waals surface area contributed by atoms with Crippen LogP contribution in [0.2, 0.25) is 0 Å². The monoisotopic (exact) mass is 488 g/mol. The van der Waals surface area contributed by atoms with Crippen LogP contribution in [0.1, 0.15) is 48.7 Å². The number of benzene rings is 3. The second-order valence-corrected chi connectivity index (χ2v) is 9.09.